The molecule has 5 heteroatoms. The minimum atomic E-state index is -0.653. The van der Waals surface area contributed by atoms with Crippen LogP contribution < -0.4 is 11.1 Å². The van der Waals surface area contributed by atoms with Gasteiger partial charge in [0.15, 0.2) is 0 Å². The molecular weight excluding hydrogens is 266 g/mol. The predicted molar refractivity (Wildman–Crippen MR) is 82.8 cm³/mol. The molecular formula is C16H25N3O2. The van der Waals surface area contributed by atoms with E-state index < -0.39 is 5.41 Å². The van der Waals surface area contributed by atoms with Crippen LogP contribution in [0.2, 0.25) is 0 Å². The summed E-state index contributed by atoms with van der Waals surface area (Å²) in [4.78, 5) is 14.7. The van der Waals surface area contributed by atoms with Gasteiger partial charge in [0.2, 0.25) is 5.91 Å². The van der Waals surface area contributed by atoms with Crippen molar-refractivity contribution in [1.82, 2.24) is 10.2 Å². The van der Waals surface area contributed by atoms with Gasteiger partial charge in [0, 0.05) is 12.6 Å². The standard InChI is InChI=1S/C16H25N3O2/c1-16(11-21-10-14(16)17)15(20)18-13(9-19(2)3)12-7-5-4-6-8-12/h4-8,13-14H,9-11,17H2,1-3H3,(H,18,20). The van der Waals surface area contributed by atoms with E-state index in [1.165, 1.54) is 0 Å². The predicted octanol–water partition coefficient (Wildman–Crippen LogP) is 0.769. The molecule has 0 aliphatic carbocycles. The van der Waals surface area contributed by atoms with E-state index in [4.69, 9.17) is 10.5 Å². The molecule has 0 spiro atoms. The van der Waals surface area contributed by atoms with Crippen LogP contribution in [0.15, 0.2) is 30.3 Å². The van der Waals surface area contributed by atoms with Crippen molar-refractivity contribution in [3.8, 4) is 0 Å². The summed E-state index contributed by atoms with van der Waals surface area (Å²) < 4.78 is 5.37. The van der Waals surface area contributed by atoms with Gasteiger partial charge >= 0.3 is 0 Å². The summed E-state index contributed by atoms with van der Waals surface area (Å²) in [5, 5.41) is 3.14. The van der Waals surface area contributed by atoms with Gasteiger partial charge < -0.3 is 20.7 Å². The van der Waals surface area contributed by atoms with Gasteiger partial charge in [-0.1, -0.05) is 30.3 Å². The summed E-state index contributed by atoms with van der Waals surface area (Å²) in [6.07, 6.45) is 0. The van der Waals surface area contributed by atoms with Crippen molar-refractivity contribution in [2.24, 2.45) is 11.1 Å². The number of nitrogens with two attached hydrogens (primary N) is 1. The Morgan fingerprint density at radius 3 is 2.67 bits per heavy atom. The normalized spacial score (nSPS) is 26.8. The Kier molecular flexibility index (Phi) is 4.98. The molecule has 0 radical (unpaired) electrons. The number of amides is 1. The average Bonchev–Trinajstić information content (AvgIpc) is 2.80. The highest BCUT2D eigenvalue weighted by Gasteiger charge is 2.44. The second-order valence-electron chi connectivity index (χ2n) is 6.24. The molecule has 1 fully saturated rings. The fraction of sp³-hybridized carbons (Fsp3) is 0.562. The smallest absolute Gasteiger partial charge is 0.230 e. The van der Waals surface area contributed by atoms with Crippen molar-refractivity contribution in [3.63, 3.8) is 0 Å². The maximum absolute atomic E-state index is 12.7. The van der Waals surface area contributed by atoms with Gasteiger partial charge in [-0.2, -0.15) is 0 Å². The summed E-state index contributed by atoms with van der Waals surface area (Å²) in [5.74, 6) is -0.0387. The second-order valence-corrected chi connectivity index (χ2v) is 6.24. The monoisotopic (exact) mass is 291 g/mol. The Morgan fingerprint density at radius 1 is 1.48 bits per heavy atom. The molecule has 0 bridgehead atoms. The number of rotatable bonds is 5. The Morgan fingerprint density at radius 2 is 2.14 bits per heavy atom. The molecule has 2 rings (SSSR count). The zero-order chi connectivity index (χ0) is 15.5. The lowest BCUT2D eigenvalue weighted by Crippen LogP contribution is -2.51. The molecule has 1 heterocycles. The summed E-state index contributed by atoms with van der Waals surface area (Å²) in [6.45, 7) is 3.43. The molecule has 3 N–H and O–H groups in total. The molecule has 5 nitrogen and oxygen atoms in total. The first-order valence-corrected chi connectivity index (χ1v) is 7.27. The van der Waals surface area contributed by atoms with Crippen molar-refractivity contribution < 1.29 is 9.53 Å². The number of ether oxygens (including phenoxy) is 1. The number of benzene rings is 1. The third-order valence-corrected chi connectivity index (χ3v) is 4.09. The topological polar surface area (TPSA) is 67.6 Å². The van der Waals surface area contributed by atoms with Gasteiger partial charge in [-0.05, 0) is 26.6 Å². The van der Waals surface area contributed by atoms with E-state index >= 15 is 0 Å². The molecule has 3 atom stereocenters. The number of hydrogen-bond acceptors (Lipinski definition) is 4. The van der Waals surface area contributed by atoms with Crippen LogP contribution >= 0.6 is 0 Å². The SMILES string of the molecule is CN(C)CC(NC(=O)C1(C)COCC1N)c1ccccc1. The van der Waals surface area contributed by atoms with Crippen LogP contribution in [0, 0.1) is 5.41 Å². The van der Waals surface area contributed by atoms with E-state index in [1.54, 1.807) is 0 Å². The Labute approximate surface area is 126 Å². The van der Waals surface area contributed by atoms with Crippen molar-refractivity contribution in [1.29, 1.82) is 0 Å². The molecule has 21 heavy (non-hydrogen) atoms. The number of hydrogen-bond donors (Lipinski definition) is 2. The molecule has 1 aliphatic rings. The van der Waals surface area contributed by atoms with Gasteiger partial charge in [-0.3, -0.25) is 4.79 Å². The van der Waals surface area contributed by atoms with Crippen LogP contribution in [0.5, 0.6) is 0 Å². The lowest BCUT2D eigenvalue weighted by molar-refractivity contribution is -0.131. The average molecular weight is 291 g/mol. The second kappa shape index (κ2) is 6.56. The summed E-state index contributed by atoms with van der Waals surface area (Å²) in [5.41, 5.74) is 6.47. The van der Waals surface area contributed by atoms with Crippen LogP contribution in [0.1, 0.15) is 18.5 Å². The Balaban J connectivity index is 2.14. The highest BCUT2D eigenvalue weighted by atomic mass is 16.5. The van der Waals surface area contributed by atoms with Crippen LogP contribution in [0.25, 0.3) is 0 Å². The van der Waals surface area contributed by atoms with E-state index in [9.17, 15) is 4.79 Å². The molecule has 0 saturated carbocycles. The Bertz CT molecular complexity index is 478. The molecule has 1 saturated heterocycles. The zero-order valence-corrected chi connectivity index (χ0v) is 13.0. The van der Waals surface area contributed by atoms with Gasteiger partial charge in [0.25, 0.3) is 0 Å². The number of carbonyl (C=O) groups is 1. The summed E-state index contributed by atoms with van der Waals surface area (Å²) >= 11 is 0. The summed E-state index contributed by atoms with van der Waals surface area (Å²) in [7, 11) is 3.99. The zero-order valence-electron chi connectivity index (χ0n) is 13.0. The van der Waals surface area contributed by atoms with Crippen molar-refractivity contribution in [2.75, 3.05) is 33.9 Å². The number of nitrogens with one attached hydrogen (secondary N) is 1. The molecule has 1 amide bonds. The fourth-order valence-electron chi connectivity index (χ4n) is 2.53. The van der Waals surface area contributed by atoms with E-state index in [2.05, 4.69) is 10.2 Å². The third-order valence-electron chi connectivity index (χ3n) is 4.09. The maximum Gasteiger partial charge on any atom is 0.230 e. The molecule has 1 aromatic carbocycles. The highest BCUT2D eigenvalue weighted by Crippen LogP contribution is 2.28. The lowest BCUT2D eigenvalue weighted by atomic mass is 9.84. The molecule has 1 aromatic rings. The molecule has 116 valence electrons. The van der Waals surface area contributed by atoms with Crippen LogP contribution in [0.3, 0.4) is 0 Å². The van der Waals surface area contributed by atoms with E-state index in [1.807, 2.05) is 51.4 Å². The van der Waals surface area contributed by atoms with Crippen LogP contribution in [0.4, 0.5) is 0 Å². The minimum absolute atomic E-state index is 0.0387. The third kappa shape index (κ3) is 3.61. The van der Waals surface area contributed by atoms with Crippen molar-refractivity contribution in [3.05, 3.63) is 35.9 Å². The van der Waals surface area contributed by atoms with Gasteiger partial charge in [0.05, 0.1) is 24.7 Å². The molecule has 3 unspecified atom stereocenters. The van der Waals surface area contributed by atoms with Crippen molar-refractivity contribution in [2.45, 2.75) is 19.0 Å². The number of likely N-dealkylation sites (N-methyl/N-ethyl adjacent to an activating group) is 1. The maximum atomic E-state index is 12.7. The first-order chi connectivity index (χ1) is 9.93. The highest BCUT2D eigenvalue weighted by molar-refractivity contribution is 5.84. The molecule has 1 aliphatic heterocycles. The van der Waals surface area contributed by atoms with E-state index in [0.29, 0.717) is 13.2 Å². The van der Waals surface area contributed by atoms with Gasteiger partial charge in [0.1, 0.15) is 0 Å². The molecule has 0 aromatic heterocycles. The number of carbonyl (C=O) groups excluding carboxylic acids is 1. The first-order valence-electron chi connectivity index (χ1n) is 7.27. The quantitative estimate of drug-likeness (QED) is 0.841. The van der Waals surface area contributed by atoms with E-state index in [-0.39, 0.29) is 18.0 Å². The minimum Gasteiger partial charge on any atom is -0.379 e. The Hall–Kier alpha value is -1.43. The first kappa shape index (κ1) is 15.9. The summed E-state index contributed by atoms with van der Waals surface area (Å²) in [6, 6.07) is 9.68. The number of nitrogens with zero attached hydrogens (tertiary/aromatic N) is 1. The van der Waals surface area contributed by atoms with Gasteiger partial charge in [-0.15, -0.1) is 0 Å². The largest absolute Gasteiger partial charge is 0.379 e. The fourth-order valence-corrected chi connectivity index (χ4v) is 2.53. The van der Waals surface area contributed by atoms with Crippen molar-refractivity contribution >= 4 is 5.91 Å². The van der Waals surface area contributed by atoms with Crippen LogP contribution in [-0.4, -0.2) is 50.7 Å². The van der Waals surface area contributed by atoms with Crippen LogP contribution in [-0.2, 0) is 9.53 Å². The van der Waals surface area contributed by atoms with E-state index in [0.717, 1.165) is 12.1 Å². The lowest BCUT2D eigenvalue weighted by Gasteiger charge is -2.30. The van der Waals surface area contributed by atoms with Gasteiger partial charge in [-0.25, -0.2) is 0 Å².